The molecular formula is C15H17F3N4O. The summed E-state index contributed by atoms with van der Waals surface area (Å²) in [5.41, 5.74) is 5.11. The Kier molecular flexibility index (Phi) is 4.74. The number of ether oxygens (including phenoxy) is 1. The van der Waals surface area contributed by atoms with Crippen LogP contribution in [0.5, 0.6) is 5.75 Å². The number of alkyl halides is 3. The van der Waals surface area contributed by atoms with Crippen molar-refractivity contribution in [2.24, 2.45) is 0 Å². The lowest BCUT2D eigenvalue weighted by atomic mass is 10.0. The Labute approximate surface area is 131 Å². The molecule has 2 rings (SSSR count). The second-order valence-electron chi connectivity index (χ2n) is 5.29. The van der Waals surface area contributed by atoms with E-state index in [0.717, 1.165) is 6.07 Å². The summed E-state index contributed by atoms with van der Waals surface area (Å²) in [5, 5.41) is 0. The molecule has 1 aromatic heterocycles. The lowest BCUT2D eigenvalue weighted by molar-refractivity contribution is -0.137. The summed E-state index contributed by atoms with van der Waals surface area (Å²) in [6, 6.07) is 3.76. The van der Waals surface area contributed by atoms with Gasteiger partial charge in [0.1, 0.15) is 18.3 Å². The maximum Gasteiger partial charge on any atom is 0.417 e. The maximum absolute atomic E-state index is 13.4. The van der Waals surface area contributed by atoms with Gasteiger partial charge < -0.3 is 10.5 Å². The molecule has 0 bridgehead atoms. The van der Waals surface area contributed by atoms with Crippen LogP contribution in [0.2, 0.25) is 0 Å². The number of anilines is 1. The SMILES string of the molecule is Cc1ncc(N)nc1-c1ccc(OCN(C)C)cc1C(F)(F)F. The number of rotatable bonds is 4. The third-order valence-electron chi connectivity index (χ3n) is 3.02. The smallest absolute Gasteiger partial charge is 0.417 e. The van der Waals surface area contributed by atoms with Gasteiger partial charge in [0.05, 0.1) is 23.1 Å². The Bertz CT molecular complexity index is 702. The van der Waals surface area contributed by atoms with Gasteiger partial charge in [0, 0.05) is 5.56 Å². The largest absolute Gasteiger partial charge is 0.478 e. The van der Waals surface area contributed by atoms with Crippen molar-refractivity contribution in [3.05, 3.63) is 35.7 Å². The van der Waals surface area contributed by atoms with Crippen molar-refractivity contribution in [2.45, 2.75) is 13.1 Å². The van der Waals surface area contributed by atoms with Gasteiger partial charge in [-0.1, -0.05) is 0 Å². The fraction of sp³-hybridized carbons (Fsp3) is 0.333. The predicted octanol–water partition coefficient (Wildman–Crippen LogP) is 2.95. The summed E-state index contributed by atoms with van der Waals surface area (Å²) in [4.78, 5) is 9.66. The third-order valence-corrected chi connectivity index (χ3v) is 3.02. The zero-order valence-electron chi connectivity index (χ0n) is 13.0. The summed E-state index contributed by atoms with van der Waals surface area (Å²) in [6.07, 6.45) is -3.24. The van der Waals surface area contributed by atoms with Crippen molar-refractivity contribution in [3.63, 3.8) is 0 Å². The first-order chi connectivity index (χ1) is 10.7. The van der Waals surface area contributed by atoms with E-state index in [-0.39, 0.29) is 29.6 Å². The molecule has 0 atom stereocenters. The van der Waals surface area contributed by atoms with E-state index in [2.05, 4.69) is 9.97 Å². The molecule has 0 unspecified atom stereocenters. The molecule has 0 saturated heterocycles. The molecule has 2 aromatic rings. The van der Waals surface area contributed by atoms with E-state index >= 15 is 0 Å². The number of aromatic nitrogens is 2. The van der Waals surface area contributed by atoms with E-state index < -0.39 is 11.7 Å². The van der Waals surface area contributed by atoms with Crippen molar-refractivity contribution >= 4 is 5.82 Å². The Balaban J connectivity index is 2.53. The normalized spacial score (nSPS) is 11.8. The number of aryl methyl sites for hydroxylation is 1. The second kappa shape index (κ2) is 6.41. The molecule has 0 amide bonds. The van der Waals surface area contributed by atoms with Crippen LogP contribution < -0.4 is 10.5 Å². The van der Waals surface area contributed by atoms with Gasteiger partial charge in [-0.15, -0.1) is 0 Å². The molecule has 8 heteroatoms. The van der Waals surface area contributed by atoms with Crippen molar-refractivity contribution in [3.8, 4) is 17.0 Å². The number of nitrogens with two attached hydrogens (primary N) is 1. The van der Waals surface area contributed by atoms with Crippen molar-refractivity contribution < 1.29 is 17.9 Å². The van der Waals surface area contributed by atoms with Gasteiger partial charge in [-0.05, 0) is 39.2 Å². The number of halogens is 3. The van der Waals surface area contributed by atoms with E-state index in [1.807, 2.05) is 0 Å². The molecule has 0 aliphatic heterocycles. The van der Waals surface area contributed by atoms with Gasteiger partial charge in [-0.3, -0.25) is 9.88 Å². The first kappa shape index (κ1) is 17.0. The Morgan fingerprint density at radius 2 is 1.96 bits per heavy atom. The van der Waals surface area contributed by atoms with E-state index in [9.17, 15) is 13.2 Å². The van der Waals surface area contributed by atoms with Crippen LogP contribution in [0.15, 0.2) is 24.4 Å². The number of nitrogens with zero attached hydrogens (tertiary/aromatic N) is 3. The highest BCUT2D eigenvalue weighted by Gasteiger charge is 2.35. The first-order valence-electron chi connectivity index (χ1n) is 6.76. The van der Waals surface area contributed by atoms with Crippen LogP contribution in [0.1, 0.15) is 11.3 Å². The van der Waals surface area contributed by atoms with Gasteiger partial charge in [0.25, 0.3) is 0 Å². The number of nitrogen functional groups attached to an aromatic ring is 1. The molecule has 124 valence electrons. The minimum absolute atomic E-state index is 0.0617. The average molecular weight is 326 g/mol. The molecule has 5 nitrogen and oxygen atoms in total. The molecule has 0 fully saturated rings. The van der Waals surface area contributed by atoms with Gasteiger partial charge in [-0.2, -0.15) is 13.2 Å². The highest BCUT2D eigenvalue weighted by atomic mass is 19.4. The Morgan fingerprint density at radius 3 is 2.57 bits per heavy atom. The van der Waals surface area contributed by atoms with Gasteiger partial charge in [0.15, 0.2) is 0 Å². The maximum atomic E-state index is 13.4. The van der Waals surface area contributed by atoms with Gasteiger partial charge >= 0.3 is 6.18 Å². The average Bonchev–Trinajstić information content (AvgIpc) is 2.46. The van der Waals surface area contributed by atoms with Crippen LogP contribution in [0.4, 0.5) is 19.0 Å². The fourth-order valence-electron chi connectivity index (χ4n) is 1.98. The molecule has 1 aromatic carbocycles. The molecule has 0 radical (unpaired) electrons. The molecular weight excluding hydrogens is 309 g/mol. The van der Waals surface area contributed by atoms with E-state index in [1.165, 1.54) is 18.3 Å². The summed E-state index contributed by atoms with van der Waals surface area (Å²) in [5.74, 6) is 0.191. The summed E-state index contributed by atoms with van der Waals surface area (Å²) in [6.45, 7) is 1.76. The van der Waals surface area contributed by atoms with Crippen molar-refractivity contribution in [2.75, 3.05) is 26.6 Å². The summed E-state index contributed by atoms with van der Waals surface area (Å²) in [7, 11) is 3.51. The van der Waals surface area contributed by atoms with Crippen LogP contribution in [0.25, 0.3) is 11.3 Å². The topological polar surface area (TPSA) is 64.3 Å². The van der Waals surface area contributed by atoms with Crippen molar-refractivity contribution in [1.82, 2.24) is 14.9 Å². The molecule has 1 heterocycles. The van der Waals surface area contributed by atoms with E-state index in [1.54, 1.807) is 25.9 Å². The van der Waals surface area contributed by atoms with Crippen LogP contribution in [0.3, 0.4) is 0 Å². The highest BCUT2D eigenvalue weighted by molar-refractivity contribution is 5.68. The fourth-order valence-corrected chi connectivity index (χ4v) is 1.98. The number of benzene rings is 1. The molecule has 0 spiro atoms. The molecule has 0 aliphatic carbocycles. The van der Waals surface area contributed by atoms with Gasteiger partial charge in [-0.25, -0.2) is 4.98 Å². The van der Waals surface area contributed by atoms with E-state index in [0.29, 0.717) is 5.69 Å². The van der Waals surface area contributed by atoms with Crippen LogP contribution in [0, 0.1) is 6.92 Å². The zero-order valence-corrected chi connectivity index (χ0v) is 13.0. The zero-order chi connectivity index (χ0) is 17.2. The minimum Gasteiger partial charge on any atom is -0.478 e. The van der Waals surface area contributed by atoms with Crippen LogP contribution >= 0.6 is 0 Å². The third kappa shape index (κ3) is 4.10. The van der Waals surface area contributed by atoms with Crippen LogP contribution in [-0.4, -0.2) is 35.7 Å². The van der Waals surface area contributed by atoms with E-state index in [4.69, 9.17) is 10.5 Å². The standard InChI is InChI=1S/C15H17F3N4O/c1-9-14(21-13(19)7-20-9)11-5-4-10(23-8-22(2)3)6-12(11)15(16,17)18/h4-7H,8H2,1-3H3,(H2,19,21). The summed E-state index contributed by atoms with van der Waals surface area (Å²) < 4.78 is 45.5. The Morgan fingerprint density at radius 1 is 1.26 bits per heavy atom. The second-order valence-corrected chi connectivity index (χ2v) is 5.29. The lowest BCUT2D eigenvalue weighted by Gasteiger charge is -2.17. The number of hydrogen-bond acceptors (Lipinski definition) is 5. The quantitative estimate of drug-likeness (QED) is 0.875. The molecule has 23 heavy (non-hydrogen) atoms. The minimum atomic E-state index is -4.55. The molecule has 2 N–H and O–H groups in total. The molecule has 0 saturated carbocycles. The van der Waals surface area contributed by atoms with Crippen LogP contribution in [-0.2, 0) is 6.18 Å². The van der Waals surface area contributed by atoms with Gasteiger partial charge in [0.2, 0.25) is 0 Å². The predicted molar refractivity (Wildman–Crippen MR) is 80.8 cm³/mol. The molecule has 0 aliphatic rings. The van der Waals surface area contributed by atoms with Crippen molar-refractivity contribution in [1.29, 1.82) is 0 Å². The highest BCUT2D eigenvalue weighted by Crippen LogP contribution is 2.39. The number of hydrogen-bond donors (Lipinski definition) is 1. The monoisotopic (exact) mass is 326 g/mol. The summed E-state index contributed by atoms with van der Waals surface area (Å²) >= 11 is 0. The Hall–Kier alpha value is -2.35. The first-order valence-corrected chi connectivity index (χ1v) is 6.76. The lowest BCUT2D eigenvalue weighted by Crippen LogP contribution is -2.18.